The molecule has 0 bridgehead atoms. The van der Waals surface area contributed by atoms with Crippen molar-refractivity contribution in [2.75, 3.05) is 32.6 Å². The molecule has 1 aromatic rings. The van der Waals surface area contributed by atoms with Gasteiger partial charge in [0.25, 0.3) is 0 Å². The second-order valence-electron chi connectivity index (χ2n) is 5.10. The smallest absolute Gasteiger partial charge is 0.358 e. The van der Waals surface area contributed by atoms with Crippen LogP contribution in [0.2, 0.25) is 0 Å². The van der Waals surface area contributed by atoms with Crippen LogP contribution in [0.25, 0.3) is 0 Å². The Labute approximate surface area is 129 Å². The van der Waals surface area contributed by atoms with Gasteiger partial charge in [0.05, 0.1) is 7.11 Å². The lowest BCUT2D eigenvalue weighted by molar-refractivity contribution is 0.0591. The Morgan fingerprint density at radius 2 is 2.10 bits per heavy atom. The van der Waals surface area contributed by atoms with Crippen molar-refractivity contribution in [3.63, 3.8) is 0 Å². The number of thiazole rings is 1. The number of Topliss-reactive ketones (excluding diaryl/α,β-unsaturated/α-hetero) is 1. The van der Waals surface area contributed by atoms with E-state index in [4.69, 9.17) is 0 Å². The zero-order valence-electron chi connectivity index (χ0n) is 13.2. The van der Waals surface area contributed by atoms with Crippen LogP contribution in [0, 0.1) is 0 Å². The number of esters is 1. The number of rotatable bonds is 8. The molecule has 1 N–H and O–H groups in total. The molecule has 0 aliphatic rings. The summed E-state index contributed by atoms with van der Waals surface area (Å²) in [6.07, 6.45) is 0.956. The van der Waals surface area contributed by atoms with Gasteiger partial charge in [-0.2, -0.15) is 0 Å². The highest BCUT2D eigenvalue weighted by molar-refractivity contribution is 7.17. The Balaban J connectivity index is 2.60. The maximum absolute atomic E-state index is 11.6. The molecule has 0 atom stereocenters. The van der Waals surface area contributed by atoms with Crippen LogP contribution >= 0.6 is 11.3 Å². The number of hydrogen-bond donors (Lipinski definition) is 1. The molecule has 1 heterocycles. The molecule has 0 saturated heterocycles. The van der Waals surface area contributed by atoms with E-state index in [0.717, 1.165) is 19.5 Å². The minimum Gasteiger partial charge on any atom is -0.464 e. The van der Waals surface area contributed by atoms with Gasteiger partial charge in [0, 0.05) is 19.5 Å². The molecular formula is C14H23N3O3S. The van der Waals surface area contributed by atoms with E-state index < -0.39 is 5.97 Å². The van der Waals surface area contributed by atoms with Gasteiger partial charge in [0.2, 0.25) is 0 Å². The summed E-state index contributed by atoms with van der Waals surface area (Å²) in [5.74, 6) is -0.760. The third kappa shape index (κ3) is 5.09. The molecule has 6 nitrogen and oxygen atoms in total. The van der Waals surface area contributed by atoms with E-state index >= 15 is 0 Å². The monoisotopic (exact) mass is 313 g/mol. The van der Waals surface area contributed by atoms with Crippen molar-refractivity contribution in [2.24, 2.45) is 0 Å². The molecule has 1 aromatic heterocycles. The molecule has 7 heteroatoms. The highest BCUT2D eigenvalue weighted by Crippen LogP contribution is 2.24. The molecule has 0 aliphatic heterocycles. The molecule has 0 amide bonds. The van der Waals surface area contributed by atoms with Crippen molar-refractivity contribution >= 4 is 28.2 Å². The van der Waals surface area contributed by atoms with Crippen LogP contribution < -0.4 is 5.32 Å². The summed E-state index contributed by atoms with van der Waals surface area (Å²) in [7, 11) is 3.36. The summed E-state index contributed by atoms with van der Waals surface area (Å²) in [4.78, 5) is 29.8. The maximum atomic E-state index is 11.6. The molecule has 0 spiro atoms. The average molecular weight is 313 g/mol. The van der Waals surface area contributed by atoms with Crippen molar-refractivity contribution in [3.8, 4) is 0 Å². The van der Waals surface area contributed by atoms with E-state index in [1.54, 1.807) is 0 Å². The van der Waals surface area contributed by atoms with Crippen LogP contribution in [0.1, 0.15) is 47.4 Å². The first-order valence-corrected chi connectivity index (χ1v) is 7.72. The third-order valence-electron chi connectivity index (χ3n) is 3.17. The second-order valence-corrected chi connectivity index (χ2v) is 6.10. The fourth-order valence-corrected chi connectivity index (χ4v) is 2.53. The summed E-state index contributed by atoms with van der Waals surface area (Å²) in [6.45, 7) is 7.43. The van der Waals surface area contributed by atoms with Crippen LogP contribution in [0.15, 0.2) is 0 Å². The maximum Gasteiger partial charge on any atom is 0.358 e. The molecule has 0 fully saturated rings. The van der Waals surface area contributed by atoms with Gasteiger partial charge in [0.1, 0.15) is 4.88 Å². The lowest BCUT2D eigenvalue weighted by atomic mass is 10.3. The van der Waals surface area contributed by atoms with Crippen molar-refractivity contribution in [3.05, 3.63) is 10.6 Å². The van der Waals surface area contributed by atoms with Crippen molar-refractivity contribution in [2.45, 2.75) is 33.2 Å². The number of methoxy groups -OCH3 is 1. The highest BCUT2D eigenvalue weighted by Gasteiger charge is 2.21. The highest BCUT2D eigenvalue weighted by atomic mass is 32.1. The molecule has 0 unspecified atom stereocenters. The predicted octanol–water partition coefficient (Wildman–Crippen LogP) is 2.27. The summed E-state index contributed by atoms with van der Waals surface area (Å²) in [5.41, 5.74) is 0.0943. The number of ketones is 1. The van der Waals surface area contributed by atoms with Gasteiger partial charge in [-0.1, -0.05) is 11.3 Å². The van der Waals surface area contributed by atoms with E-state index in [1.165, 1.54) is 25.4 Å². The predicted molar refractivity (Wildman–Crippen MR) is 84.3 cm³/mol. The Bertz CT molecular complexity index is 500. The standard InChI is InChI=1S/C14H23N3O3S/c1-9(2)17(4)8-6-7-15-14-16-11(13(19)20-5)12(21-14)10(3)18/h9H,6-8H2,1-5H3,(H,15,16). The van der Waals surface area contributed by atoms with Crippen molar-refractivity contribution in [1.82, 2.24) is 9.88 Å². The Morgan fingerprint density at radius 3 is 2.62 bits per heavy atom. The number of nitrogens with zero attached hydrogens (tertiary/aromatic N) is 2. The molecule has 0 saturated carbocycles. The van der Waals surface area contributed by atoms with E-state index in [0.29, 0.717) is 16.1 Å². The van der Waals surface area contributed by atoms with Crippen LogP contribution in [0.4, 0.5) is 5.13 Å². The Morgan fingerprint density at radius 1 is 1.43 bits per heavy atom. The van der Waals surface area contributed by atoms with Gasteiger partial charge in [-0.25, -0.2) is 9.78 Å². The van der Waals surface area contributed by atoms with Crippen LogP contribution in [0.3, 0.4) is 0 Å². The Kier molecular flexibility index (Phi) is 6.77. The molecular weight excluding hydrogens is 290 g/mol. The van der Waals surface area contributed by atoms with Crippen molar-refractivity contribution < 1.29 is 14.3 Å². The van der Waals surface area contributed by atoms with Crippen molar-refractivity contribution in [1.29, 1.82) is 0 Å². The number of nitrogens with one attached hydrogen (secondary N) is 1. The summed E-state index contributed by atoms with van der Waals surface area (Å²) in [6, 6.07) is 0.514. The van der Waals surface area contributed by atoms with Crippen LogP contribution in [-0.2, 0) is 4.74 Å². The van der Waals surface area contributed by atoms with E-state index in [1.807, 2.05) is 0 Å². The number of aromatic nitrogens is 1. The largest absolute Gasteiger partial charge is 0.464 e. The number of carbonyl (C=O) groups is 2. The average Bonchev–Trinajstić information content (AvgIpc) is 2.86. The summed E-state index contributed by atoms with van der Waals surface area (Å²) < 4.78 is 4.64. The first-order chi connectivity index (χ1) is 9.86. The molecule has 0 radical (unpaired) electrons. The van der Waals surface area contributed by atoms with E-state index in [2.05, 4.69) is 40.8 Å². The zero-order chi connectivity index (χ0) is 16.0. The number of anilines is 1. The Hall–Kier alpha value is -1.47. The lowest BCUT2D eigenvalue weighted by Crippen LogP contribution is -2.28. The molecule has 118 valence electrons. The molecule has 0 aliphatic carbocycles. The van der Waals surface area contributed by atoms with Gasteiger partial charge >= 0.3 is 5.97 Å². The fourth-order valence-electron chi connectivity index (χ4n) is 1.65. The van der Waals surface area contributed by atoms with Gasteiger partial charge in [0.15, 0.2) is 16.6 Å². The summed E-state index contributed by atoms with van der Waals surface area (Å²) in [5, 5.41) is 3.73. The molecule has 1 rings (SSSR count). The van der Waals surface area contributed by atoms with Gasteiger partial charge < -0.3 is 15.0 Å². The first-order valence-electron chi connectivity index (χ1n) is 6.91. The SMILES string of the molecule is COC(=O)c1nc(NCCCN(C)C(C)C)sc1C(C)=O. The quantitative estimate of drug-likeness (QED) is 0.451. The number of hydrogen-bond acceptors (Lipinski definition) is 7. The minimum atomic E-state index is -0.580. The van der Waals surface area contributed by atoms with Crippen LogP contribution in [0.5, 0.6) is 0 Å². The van der Waals surface area contributed by atoms with Crippen LogP contribution in [-0.4, -0.2) is 54.9 Å². The molecule has 21 heavy (non-hydrogen) atoms. The normalized spacial score (nSPS) is 11.0. The zero-order valence-corrected chi connectivity index (χ0v) is 14.0. The first kappa shape index (κ1) is 17.6. The minimum absolute atomic E-state index is 0.0943. The van der Waals surface area contributed by atoms with Gasteiger partial charge in [-0.05, 0) is 33.9 Å². The van der Waals surface area contributed by atoms with E-state index in [-0.39, 0.29) is 11.5 Å². The van der Waals surface area contributed by atoms with Gasteiger partial charge in [-0.3, -0.25) is 4.79 Å². The summed E-state index contributed by atoms with van der Waals surface area (Å²) >= 11 is 1.19. The third-order valence-corrected chi connectivity index (χ3v) is 4.28. The van der Waals surface area contributed by atoms with E-state index in [9.17, 15) is 9.59 Å². The fraction of sp³-hybridized carbons (Fsp3) is 0.643. The number of ether oxygens (including phenoxy) is 1. The van der Waals surface area contributed by atoms with Gasteiger partial charge in [-0.15, -0.1) is 0 Å². The second kappa shape index (κ2) is 8.09. The topological polar surface area (TPSA) is 71.5 Å². The lowest BCUT2D eigenvalue weighted by Gasteiger charge is -2.20. The number of carbonyl (C=O) groups excluding carboxylic acids is 2. The molecule has 0 aromatic carbocycles.